The molecule has 144 valence electrons. The molecule has 0 N–H and O–H groups in total. The van der Waals surface area contributed by atoms with Gasteiger partial charge in [-0.1, -0.05) is 35.9 Å². The second-order valence-corrected chi connectivity index (χ2v) is 7.16. The molecule has 2 aromatic rings. The smallest absolute Gasteiger partial charge is 0.266 e. The van der Waals surface area contributed by atoms with Crippen molar-refractivity contribution in [2.24, 2.45) is 4.99 Å². The predicted octanol–water partition coefficient (Wildman–Crippen LogP) is 3.09. The van der Waals surface area contributed by atoms with E-state index in [1.165, 1.54) is 11.8 Å². The van der Waals surface area contributed by atoms with Crippen molar-refractivity contribution in [3.63, 3.8) is 0 Å². The number of likely N-dealkylation sites (N-methyl/N-ethyl adjacent to an activating group) is 1. The van der Waals surface area contributed by atoms with Crippen LogP contribution in [0.5, 0.6) is 5.75 Å². The van der Waals surface area contributed by atoms with Crippen LogP contribution in [0.4, 0.5) is 5.69 Å². The summed E-state index contributed by atoms with van der Waals surface area (Å²) >= 11 is 7.43. The van der Waals surface area contributed by atoms with Gasteiger partial charge in [-0.05, 0) is 54.6 Å². The van der Waals surface area contributed by atoms with E-state index in [0.717, 1.165) is 0 Å². The number of carbonyl (C=O) groups is 2. The van der Waals surface area contributed by atoms with E-state index < -0.39 is 12.6 Å². The van der Waals surface area contributed by atoms with E-state index in [2.05, 4.69) is 4.99 Å². The Bertz CT molecular complexity index is 974. The number of amides is 1. The Hall–Kier alpha value is -2.77. The molecule has 0 radical (unpaired) electrons. The van der Waals surface area contributed by atoms with E-state index in [1.54, 1.807) is 47.4 Å². The molecule has 0 unspecified atom stereocenters. The number of rotatable bonds is 6. The quantitative estimate of drug-likeness (QED) is 0.677. The SMILES string of the molecule is CCN1C(=O)/C(=C\c2cccc(OCC(=O)[O-])c2)SC1=Nc1ccccc1Cl. The lowest BCUT2D eigenvalue weighted by Crippen LogP contribution is -2.28. The van der Waals surface area contributed by atoms with Gasteiger partial charge in [-0.2, -0.15) is 0 Å². The van der Waals surface area contributed by atoms with Gasteiger partial charge >= 0.3 is 0 Å². The van der Waals surface area contributed by atoms with Crippen LogP contribution in [-0.2, 0) is 9.59 Å². The number of aliphatic imine (C=N–C) groups is 1. The third kappa shape index (κ3) is 4.74. The molecular formula is C20H16ClN2O4S-. The first-order valence-electron chi connectivity index (χ1n) is 8.45. The lowest BCUT2D eigenvalue weighted by atomic mass is 10.2. The number of thioether (sulfide) groups is 1. The van der Waals surface area contributed by atoms with Gasteiger partial charge in [-0.3, -0.25) is 9.69 Å². The molecule has 1 heterocycles. The van der Waals surface area contributed by atoms with E-state index in [0.29, 0.717) is 38.6 Å². The summed E-state index contributed by atoms with van der Waals surface area (Å²) < 4.78 is 5.12. The standard InChI is InChI=1S/C20H17ClN2O4S/c1-2-23-19(26)17(28-20(23)22-16-9-4-3-8-15(16)21)11-13-6-5-7-14(10-13)27-12-18(24)25/h3-11H,2,12H2,1H3,(H,24,25)/p-1/b17-11+,22-20?. The van der Waals surface area contributed by atoms with Gasteiger partial charge in [0.15, 0.2) is 5.17 Å². The van der Waals surface area contributed by atoms with Gasteiger partial charge < -0.3 is 14.6 Å². The van der Waals surface area contributed by atoms with Crippen LogP contribution in [-0.4, -0.2) is 35.1 Å². The molecule has 1 fully saturated rings. The summed E-state index contributed by atoms with van der Waals surface area (Å²) in [6.07, 6.45) is 1.72. The summed E-state index contributed by atoms with van der Waals surface area (Å²) in [5.41, 5.74) is 1.30. The molecular weight excluding hydrogens is 400 g/mol. The van der Waals surface area contributed by atoms with Crippen molar-refractivity contribution >= 4 is 52.2 Å². The highest BCUT2D eigenvalue weighted by Crippen LogP contribution is 2.35. The molecule has 28 heavy (non-hydrogen) atoms. The van der Waals surface area contributed by atoms with Crippen molar-refractivity contribution < 1.29 is 19.4 Å². The zero-order valence-corrected chi connectivity index (χ0v) is 16.5. The van der Waals surface area contributed by atoms with Crippen LogP contribution in [0.15, 0.2) is 58.4 Å². The average Bonchev–Trinajstić information content (AvgIpc) is 2.96. The average molecular weight is 416 g/mol. The molecule has 3 rings (SSSR count). The number of ether oxygens (including phenoxy) is 1. The minimum atomic E-state index is -1.30. The van der Waals surface area contributed by atoms with Crippen LogP contribution < -0.4 is 9.84 Å². The molecule has 0 atom stereocenters. The number of hydrogen-bond acceptors (Lipinski definition) is 6. The molecule has 6 nitrogen and oxygen atoms in total. The van der Waals surface area contributed by atoms with Crippen LogP contribution in [0.2, 0.25) is 5.02 Å². The van der Waals surface area contributed by atoms with Crippen molar-refractivity contribution in [2.45, 2.75) is 6.92 Å². The van der Waals surface area contributed by atoms with Gasteiger partial charge in [0.2, 0.25) is 0 Å². The largest absolute Gasteiger partial charge is 0.546 e. The molecule has 1 amide bonds. The summed E-state index contributed by atoms with van der Waals surface area (Å²) in [6, 6.07) is 14.0. The molecule has 1 aliphatic heterocycles. The fourth-order valence-corrected chi connectivity index (χ4v) is 3.74. The monoisotopic (exact) mass is 415 g/mol. The molecule has 1 aliphatic rings. The Morgan fingerprint density at radius 2 is 2.07 bits per heavy atom. The lowest BCUT2D eigenvalue weighted by molar-refractivity contribution is -0.307. The molecule has 0 aliphatic carbocycles. The van der Waals surface area contributed by atoms with Gasteiger partial charge in [-0.25, -0.2) is 4.99 Å². The van der Waals surface area contributed by atoms with Crippen LogP contribution in [0.3, 0.4) is 0 Å². The number of para-hydroxylation sites is 1. The van der Waals surface area contributed by atoms with E-state index in [4.69, 9.17) is 16.3 Å². The van der Waals surface area contributed by atoms with Crippen molar-refractivity contribution in [1.29, 1.82) is 0 Å². The number of aliphatic carboxylic acids is 1. The summed E-state index contributed by atoms with van der Waals surface area (Å²) in [6.45, 7) is 1.81. The van der Waals surface area contributed by atoms with Gasteiger partial charge in [0.25, 0.3) is 5.91 Å². The Labute approximate surface area is 171 Å². The Kier molecular flexibility index (Phi) is 6.38. The van der Waals surface area contributed by atoms with E-state index >= 15 is 0 Å². The first-order valence-corrected chi connectivity index (χ1v) is 9.64. The van der Waals surface area contributed by atoms with Gasteiger partial charge in [0.1, 0.15) is 12.4 Å². The van der Waals surface area contributed by atoms with Crippen molar-refractivity contribution in [1.82, 2.24) is 4.90 Å². The predicted molar refractivity (Wildman–Crippen MR) is 108 cm³/mol. The summed E-state index contributed by atoms with van der Waals surface area (Å²) in [5.74, 6) is -1.07. The highest BCUT2D eigenvalue weighted by molar-refractivity contribution is 8.18. The number of carbonyl (C=O) groups excluding carboxylic acids is 2. The maximum absolute atomic E-state index is 12.7. The first-order chi connectivity index (χ1) is 13.5. The molecule has 1 saturated heterocycles. The van der Waals surface area contributed by atoms with E-state index in [9.17, 15) is 14.7 Å². The number of amidine groups is 1. The van der Waals surface area contributed by atoms with Crippen molar-refractivity contribution in [3.8, 4) is 5.75 Å². The van der Waals surface area contributed by atoms with Crippen LogP contribution in [0, 0.1) is 0 Å². The number of benzene rings is 2. The first kappa shape index (κ1) is 20.0. The van der Waals surface area contributed by atoms with Gasteiger partial charge in [0, 0.05) is 6.54 Å². The van der Waals surface area contributed by atoms with Crippen LogP contribution in [0.1, 0.15) is 12.5 Å². The number of carboxylic acids is 1. The molecule has 2 aromatic carbocycles. The molecule has 0 aromatic heterocycles. The summed E-state index contributed by atoms with van der Waals surface area (Å²) in [7, 11) is 0. The zero-order chi connectivity index (χ0) is 20.1. The fraction of sp³-hybridized carbons (Fsp3) is 0.150. The van der Waals surface area contributed by atoms with Gasteiger partial charge in [0.05, 0.1) is 21.6 Å². The minimum absolute atomic E-state index is 0.153. The number of carboxylic acid groups (broad SMARTS) is 1. The molecule has 0 spiro atoms. The maximum atomic E-state index is 12.7. The minimum Gasteiger partial charge on any atom is -0.546 e. The second kappa shape index (κ2) is 8.95. The highest BCUT2D eigenvalue weighted by Gasteiger charge is 2.32. The fourth-order valence-electron chi connectivity index (χ4n) is 2.50. The Balaban J connectivity index is 1.87. The maximum Gasteiger partial charge on any atom is 0.266 e. The van der Waals surface area contributed by atoms with Gasteiger partial charge in [-0.15, -0.1) is 0 Å². The molecule has 0 bridgehead atoms. The van der Waals surface area contributed by atoms with Crippen molar-refractivity contribution in [3.05, 3.63) is 64.0 Å². The number of nitrogens with zero attached hydrogens (tertiary/aromatic N) is 2. The lowest BCUT2D eigenvalue weighted by Gasteiger charge is -2.12. The second-order valence-electron chi connectivity index (χ2n) is 5.74. The third-order valence-electron chi connectivity index (χ3n) is 3.79. The number of hydrogen-bond donors (Lipinski definition) is 0. The van der Waals surface area contributed by atoms with E-state index in [-0.39, 0.29) is 5.91 Å². The Morgan fingerprint density at radius 1 is 1.29 bits per heavy atom. The van der Waals surface area contributed by atoms with Crippen molar-refractivity contribution in [2.75, 3.05) is 13.2 Å². The third-order valence-corrected chi connectivity index (χ3v) is 5.11. The van der Waals surface area contributed by atoms with Crippen LogP contribution in [0.25, 0.3) is 6.08 Å². The normalized spacial score (nSPS) is 16.8. The van der Waals surface area contributed by atoms with E-state index in [1.807, 2.05) is 19.1 Å². The number of halogens is 1. The summed E-state index contributed by atoms with van der Waals surface area (Å²) in [5, 5.41) is 11.6. The molecule has 0 saturated carbocycles. The highest BCUT2D eigenvalue weighted by atomic mass is 35.5. The zero-order valence-electron chi connectivity index (χ0n) is 14.9. The topological polar surface area (TPSA) is 82.0 Å². The Morgan fingerprint density at radius 3 is 2.79 bits per heavy atom. The molecule has 8 heteroatoms. The summed E-state index contributed by atoms with van der Waals surface area (Å²) in [4.78, 5) is 29.9. The van der Waals surface area contributed by atoms with Crippen LogP contribution >= 0.6 is 23.4 Å².